The summed E-state index contributed by atoms with van der Waals surface area (Å²) in [6.45, 7) is 17.3. The van der Waals surface area contributed by atoms with Crippen LogP contribution in [0.2, 0.25) is 0 Å². The maximum atomic E-state index is 6.61. The van der Waals surface area contributed by atoms with Gasteiger partial charge in [-0.05, 0) is 92.8 Å². The van der Waals surface area contributed by atoms with E-state index in [1.807, 2.05) is 0 Å². The SMILES string of the molecule is C=C[C@@H](C)[C@H]1CCC2C3CC4(OCCO4)[C@H]4C[C@@H]5OC(C)(C)O[C@@H]5C[C@]4(C)C3CC[C@@]21C. The third-order valence-corrected chi connectivity index (χ3v) is 11.4. The molecule has 2 aliphatic heterocycles. The predicted octanol–water partition coefficient (Wildman–Crippen LogP) is 5.95. The van der Waals surface area contributed by atoms with Crippen LogP contribution < -0.4 is 0 Å². The van der Waals surface area contributed by atoms with Crippen molar-refractivity contribution in [3.63, 3.8) is 0 Å². The zero-order valence-electron chi connectivity index (χ0n) is 20.9. The second-order valence-electron chi connectivity index (χ2n) is 13.1. The molecular formula is C28H44O4. The average molecular weight is 445 g/mol. The quantitative estimate of drug-likeness (QED) is 0.493. The first-order chi connectivity index (χ1) is 15.1. The minimum absolute atomic E-state index is 0.169. The van der Waals surface area contributed by atoms with E-state index in [1.54, 1.807) is 0 Å². The Hall–Kier alpha value is -0.420. The van der Waals surface area contributed by atoms with Gasteiger partial charge in [-0.2, -0.15) is 0 Å². The van der Waals surface area contributed by atoms with Gasteiger partial charge in [-0.25, -0.2) is 0 Å². The third-order valence-electron chi connectivity index (χ3n) is 11.4. The van der Waals surface area contributed by atoms with Crippen LogP contribution in [-0.2, 0) is 18.9 Å². The highest BCUT2D eigenvalue weighted by atomic mass is 16.8. The van der Waals surface area contributed by atoms with Gasteiger partial charge in [-0.1, -0.05) is 26.8 Å². The van der Waals surface area contributed by atoms with E-state index in [1.165, 1.54) is 25.7 Å². The van der Waals surface area contributed by atoms with Gasteiger partial charge in [0.1, 0.15) is 0 Å². The van der Waals surface area contributed by atoms with Gasteiger partial charge in [0.05, 0.1) is 25.4 Å². The second kappa shape index (κ2) is 7.06. The average Bonchev–Trinajstić information content (AvgIpc) is 3.40. The lowest BCUT2D eigenvalue weighted by atomic mass is 9.42. The molecule has 180 valence electrons. The zero-order chi connectivity index (χ0) is 22.5. The van der Waals surface area contributed by atoms with Gasteiger partial charge in [0, 0.05) is 12.3 Å². The number of ether oxygens (including phenoxy) is 4. The minimum Gasteiger partial charge on any atom is -0.347 e. The van der Waals surface area contributed by atoms with Crippen molar-refractivity contribution in [1.29, 1.82) is 0 Å². The molecule has 6 rings (SSSR count). The molecule has 2 saturated heterocycles. The Morgan fingerprint density at radius 3 is 2.28 bits per heavy atom. The first-order valence-corrected chi connectivity index (χ1v) is 13.4. The summed E-state index contributed by atoms with van der Waals surface area (Å²) >= 11 is 0. The molecule has 0 bridgehead atoms. The van der Waals surface area contributed by atoms with Crippen molar-refractivity contribution in [2.75, 3.05) is 13.2 Å². The molecule has 10 atom stereocenters. The van der Waals surface area contributed by atoms with Gasteiger partial charge in [0.25, 0.3) is 0 Å². The molecule has 32 heavy (non-hydrogen) atoms. The van der Waals surface area contributed by atoms with Crippen molar-refractivity contribution in [2.24, 2.45) is 46.3 Å². The predicted molar refractivity (Wildman–Crippen MR) is 124 cm³/mol. The minimum atomic E-state index is -0.478. The van der Waals surface area contributed by atoms with E-state index in [4.69, 9.17) is 18.9 Å². The molecule has 6 fully saturated rings. The van der Waals surface area contributed by atoms with Crippen molar-refractivity contribution < 1.29 is 18.9 Å². The summed E-state index contributed by atoms with van der Waals surface area (Å²) in [4.78, 5) is 0. The fourth-order valence-corrected chi connectivity index (χ4v) is 10.2. The van der Waals surface area contributed by atoms with E-state index in [-0.39, 0.29) is 17.6 Å². The molecule has 4 nitrogen and oxygen atoms in total. The van der Waals surface area contributed by atoms with E-state index in [2.05, 4.69) is 47.3 Å². The Bertz CT molecular complexity index is 771. The lowest BCUT2D eigenvalue weighted by Crippen LogP contribution is -2.65. The fourth-order valence-electron chi connectivity index (χ4n) is 10.2. The van der Waals surface area contributed by atoms with E-state index in [0.717, 1.165) is 50.2 Å². The van der Waals surface area contributed by atoms with Crippen LogP contribution in [0.1, 0.15) is 79.6 Å². The normalized spacial score (nSPS) is 53.8. The fraction of sp³-hybridized carbons (Fsp3) is 0.929. The van der Waals surface area contributed by atoms with Crippen LogP contribution in [0.15, 0.2) is 12.7 Å². The largest absolute Gasteiger partial charge is 0.347 e. The van der Waals surface area contributed by atoms with E-state index in [0.29, 0.717) is 23.2 Å². The molecular weight excluding hydrogens is 400 g/mol. The van der Waals surface area contributed by atoms with Gasteiger partial charge in [0.15, 0.2) is 11.6 Å². The van der Waals surface area contributed by atoms with Crippen LogP contribution in [0.4, 0.5) is 0 Å². The number of rotatable bonds is 2. The Kier molecular flexibility index (Phi) is 4.87. The number of hydrogen-bond acceptors (Lipinski definition) is 4. The molecule has 1 spiro atoms. The van der Waals surface area contributed by atoms with Crippen molar-refractivity contribution in [1.82, 2.24) is 0 Å². The van der Waals surface area contributed by atoms with Gasteiger partial charge in [-0.3, -0.25) is 0 Å². The van der Waals surface area contributed by atoms with Crippen molar-refractivity contribution in [3.8, 4) is 0 Å². The lowest BCUT2D eigenvalue weighted by molar-refractivity contribution is -0.300. The first kappa shape index (κ1) is 22.1. The summed E-state index contributed by atoms with van der Waals surface area (Å²) in [6.07, 6.45) is 11.1. The molecule has 2 heterocycles. The smallest absolute Gasteiger partial charge is 0.172 e. The topological polar surface area (TPSA) is 36.9 Å². The number of allylic oxidation sites excluding steroid dienone is 1. The van der Waals surface area contributed by atoms with Crippen LogP contribution in [0.5, 0.6) is 0 Å². The molecule has 4 heteroatoms. The van der Waals surface area contributed by atoms with E-state index in [9.17, 15) is 0 Å². The molecule has 0 amide bonds. The summed E-state index contributed by atoms with van der Waals surface area (Å²) in [5.74, 6) is 3.05. The van der Waals surface area contributed by atoms with Crippen molar-refractivity contribution >= 4 is 0 Å². The van der Waals surface area contributed by atoms with Crippen LogP contribution in [0, 0.1) is 46.3 Å². The summed E-state index contributed by atoms with van der Waals surface area (Å²) in [5.41, 5.74) is 0.603. The Labute approximate surface area is 194 Å². The monoisotopic (exact) mass is 444 g/mol. The van der Waals surface area contributed by atoms with Crippen LogP contribution in [0.25, 0.3) is 0 Å². The summed E-state index contributed by atoms with van der Waals surface area (Å²) in [5, 5.41) is 0. The van der Waals surface area contributed by atoms with E-state index >= 15 is 0 Å². The molecule has 4 aliphatic carbocycles. The number of hydrogen-bond donors (Lipinski definition) is 0. The zero-order valence-corrected chi connectivity index (χ0v) is 20.9. The highest BCUT2D eigenvalue weighted by Gasteiger charge is 2.69. The van der Waals surface area contributed by atoms with E-state index < -0.39 is 11.6 Å². The summed E-state index contributed by atoms with van der Waals surface area (Å²) in [7, 11) is 0. The van der Waals surface area contributed by atoms with Crippen LogP contribution >= 0.6 is 0 Å². The summed E-state index contributed by atoms with van der Waals surface area (Å²) < 4.78 is 26.0. The van der Waals surface area contributed by atoms with Crippen molar-refractivity contribution in [3.05, 3.63) is 12.7 Å². The third kappa shape index (κ3) is 2.88. The Morgan fingerprint density at radius 1 is 0.875 bits per heavy atom. The van der Waals surface area contributed by atoms with Gasteiger partial charge < -0.3 is 18.9 Å². The van der Waals surface area contributed by atoms with Gasteiger partial charge in [-0.15, -0.1) is 6.58 Å². The van der Waals surface area contributed by atoms with Crippen LogP contribution in [-0.4, -0.2) is 37.0 Å². The lowest BCUT2D eigenvalue weighted by Gasteiger charge is -2.65. The number of fused-ring (bicyclic) bond motifs is 7. The van der Waals surface area contributed by atoms with Crippen LogP contribution in [0.3, 0.4) is 0 Å². The van der Waals surface area contributed by atoms with Crippen molar-refractivity contribution in [2.45, 2.75) is 103 Å². The Balaban J connectivity index is 1.37. The first-order valence-electron chi connectivity index (χ1n) is 13.4. The molecule has 0 aromatic heterocycles. The molecule has 0 aromatic rings. The molecule has 3 unspecified atom stereocenters. The summed E-state index contributed by atoms with van der Waals surface area (Å²) in [6, 6.07) is 0. The molecule has 0 aromatic carbocycles. The molecule has 0 N–H and O–H groups in total. The molecule has 0 radical (unpaired) electrons. The van der Waals surface area contributed by atoms with Gasteiger partial charge in [0.2, 0.25) is 0 Å². The highest BCUT2D eigenvalue weighted by Crippen LogP contribution is 2.71. The maximum absolute atomic E-state index is 6.61. The molecule has 6 aliphatic rings. The maximum Gasteiger partial charge on any atom is 0.172 e. The molecule has 4 saturated carbocycles. The van der Waals surface area contributed by atoms with Gasteiger partial charge >= 0.3 is 0 Å². The Morgan fingerprint density at radius 2 is 1.56 bits per heavy atom. The second-order valence-corrected chi connectivity index (χ2v) is 13.1. The standard InChI is InChI=1S/C28H44O4/c1-7-17(2)19-8-9-20-18-15-28(29-12-13-30-28)24-14-22-23(32-25(3,4)31-22)16-27(24,6)21(18)10-11-26(19,20)5/h7,17-24H,1,8-16H2,2-6H3/t17-,18?,19-,20?,21?,22+,23-,24+,26-,27-/m1/s1. The highest BCUT2D eigenvalue weighted by molar-refractivity contribution is 5.16.